The first-order valence-corrected chi connectivity index (χ1v) is 9.66. The normalized spacial score (nSPS) is 15.5. The third-order valence-corrected chi connectivity index (χ3v) is 4.97. The van der Waals surface area contributed by atoms with Gasteiger partial charge in [0, 0.05) is 6.54 Å². The average molecular weight is 385 g/mol. The molecule has 1 aromatic carbocycles. The molecule has 1 aliphatic rings. The van der Waals surface area contributed by atoms with Gasteiger partial charge in [-0.1, -0.05) is 25.1 Å². The minimum atomic E-state index is -0.689. The monoisotopic (exact) mass is 385 g/mol. The van der Waals surface area contributed by atoms with Crippen molar-refractivity contribution in [1.82, 2.24) is 15.1 Å². The Morgan fingerprint density at radius 3 is 2.85 bits per heavy atom. The molecule has 2 aromatic heterocycles. The molecule has 0 aliphatic carbocycles. The summed E-state index contributed by atoms with van der Waals surface area (Å²) < 4.78 is 17.2. The standard InChI is InChI=1S/C19H19N3O4S/c1-2-9-22(11-17-20-21-18(26-17)16-8-5-10-27-16)19(23)15-12-24-13-6-3-4-7-14(13)25-15/h3-8,10,15H,2,9,11-12H2,1H3. The maximum absolute atomic E-state index is 13.0. The Bertz CT molecular complexity index is 909. The number of nitrogens with zero attached hydrogens (tertiary/aromatic N) is 3. The van der Waals surface area contributed by atoms with E-state index in [4.69, 9.17) is 13.9 Å². The van der Waals surface area contributed by atoms with Crippen molar-refractivity contribution in [2.45, 2.75) is 26.0 Å². The first-order valence-electron chi connectivity index (χ1n) is 8.78. The molecular formula is C19H19N3O4S. The first kappa shape index (κ1) is 17.5. The van der Waals surface area contributed by atoms with Gasteiger partial charge in [-0.15, -0.1) is 21.5 Å². The number of benzene rings is 1. The molecule has 27 heavy (non-hydrogen) atoms. The molecule has 0 fully saturated rings. The Labute approximate surface area is 160 Å². The quantitative estimate of drug-likeness (QED) is 0.647. The molecule has 3 aromatic rings. The summed E-state index contributed by atoms with van der Waals surface area (Å²) in [5.41, 5.74) is 0. The van der Waals surface area contributed by atoms with Crippen molar-refractivity contribution in [2.75, 3.05) is 13.2 Å². The lowest BCUT2D eigenvalue weighted by Crippen LogP contribution is -2.46. The summed E-state index contributed by atoms with van der Waals surface area (Å²) in [5.74, 6) is 1.95. The minimum absolute atomic E-state index is 0.151. The number of ether oxygens (including phenoxy) is 2. The van der Waals surface area contributed by atoms with Crippen LogP contribution in [0, 0.1) is 0 Å². The number of hydrogen-bond donors (Lipinski definition) is 0. The molecular weight excluding hydrogens is 366 g/mol. The molecule has 1 aliphatic heterocycles. The predicted molar refractivity (Wildman–Crippen MR) is 99.7 cm³/mol. The highest BCUT2D eigenvalue weighted by atomic mass is 32.1. The van der Waals surface area contributed by atoms with Crippen LogP contribution in [0.25, 0.3) is 10.8 Å². The van der Waals surface area contributed by atoms with Gasteiger partial charge in [0.05, 0.1) is 11.4 Å². The first-order chi connectivity index (χ1) is 13.2. The number of thiophene rings is 1. The Kier molecular flexibility index (Phi) is 5.06. The molecule has 140 valence electrons. The fourth-order valence-electron chi connectivity index (χ4n) is 2.86. The lowest BCUT2D eigenvalue weighted by atomic mass is 10.2. The smallest absolute Gasteiger partial charge is 0.267 e. The summed E-state index contributed by atoms with van der Waals surface area (Å²) in [4.78, 5) is 15.6. The van der Waals surface area contributed by atoms with E-state index in [1.807, 2.05) is 42.6 Å². The van der Waals surface area contributed by atoms with Gasteiger partial charge in [0.15, 0.2) is 11.5 Å². The minimum Gasteiger partial charge on any atom is -0.485 e. The van der Waals surface area contributed by atoms with Crippen LogP contribution in [0.1, 0.15) is 19.2 Å². The molecule has 0 bridgehead atoms. The van der Waals surface area contributed by atoms with E-state index in [1.54, 1.807) is 11.0 Å². The second-order valence-corrected chi connectivity index (χ2v) is 7.05. The van der Waals surface area contributed by atoms with Crippen LogP contribution in [-0.4, -0.2) is 40.3 Å². The second-order valence-electron chi connectivity index (χ2n) is 6.10. The van der Waals surface area contributed by atoms with Crippen molar-refractivity contribution in [2.24, 2.45) is 0 Å². The summed E-state index contributed by atoms with van der Waals surface area (Å²) >= 11 is 1.53. The summed E-state index contributed by atoms with van der Waals surface area (Å²) in [5, 5.41) is 10.1. The molecule has 1 atom stereocenters. The third-order valence-electron chi connectivity index (χ3n) is 4.11. The molecule has 0 spiro atoms. The molecule has 7 nitrogen and oxygen atoms in total. The van der Waals surface area contributed by atoms with Crippen molar-refractivity contribution < 1.29 is 18.7 Å². The molecule has 0 N–H and O–H groups in total. The predicted octanol–water partition coefficient (Wildman–Crippen LogP) is 3.38. The zero-order chi connectivity index (χ0) is 18.6. The van der Waals surface area contributed by atoms with E-state index in [0.717, 1.165) is 11.3 Å². The van der Waals surface area contributed by atoms with Crippen LogP contribution in [0.2, 0.25) is 0 Å². The number of carbonyl (C=O) groups is 1. The maximum atomic E-state index is 13.0. The number of para-hydroxylation sites is 2. The highest BCUT2D eigenvalue weighted by molar-refractivity contribution is 7.13. The summed E-state index contributed by atoms with van der Waals surface area (Å²) in [6, 6.07) is 11.2. The van der Waals surface area contributed by atoms with Crippen LogP contribution >= 0.6 is 11.3 Å². The highest BCUT2D eigenvalue weighted by Gasteiger charge is 2.31. The van der Waals surface area contributed by atoms with Crippen molar-refractivity contribution >= 4 is 17.2 Å². The van der Waals surface area contributed by atoms with Crippen molar-refractivity contribution in [3.63, 3.8) is 0 Å². The second kappa shape index (κ2) is 7.79. The van der Waals surface area contributed by atoms with Gasteiger partial charge in [-0.25, -0.2) is 0 Å². The van der Waals surface area contributed by atoms with E-state index in [0.29, 0.717) is 29.8 Å². The largest absolute Gasteiger partial charge is 0.485 e. The summed E-state index contributed by atoms with van der Waals surface area (Å²) in [6.07, 6.45) is 0.119. The van der Waals surface area contributed by atoms with Crippen LogP contribution in [-0.2, 0) is 11.3 Å². The number of amides is 1. The van der Waals surface area contributed by atoms with Gasteiger partial charge in [-0.2, -0.15) is 0 Å². The van der Waals surface area contributed by atoms with Gasteiger partial charge in [-0.05, 0) is 30.0 Å². The van der Waals surface area contributed by atoms with E-state index in [-0.39, 0.29) is 19.1 Å². The maximum Gasteiger partial charge on any atom is 0.267 e. The topological polar surface area (TPSA) is 77.7 Å². The van der Waals surface area contributed by atoms with Gasteiger partial charge in [0.1, 0.15) is 6.61 Å². The van der Waals surface area contributed by atoms with E-state index in [9.17, 15) is 4.79 Å². The molecule has 4 rings (SSSR count). The van der Waals surface area contributed by atoms with E-state index < -0.39 is 6.10 Å². The Hall–Kier alpha value is -2.87. The average Bonchev–Trinajstić information content (AvgIpc) is 3.38. The van der Waals surface area contributed by atoms with E-state index in [2.05, 4.69) is 10.2 Å². The number of fused-ring (bicyclic) bond motifs is 1. The van der Waals surface area contributed by atoms with Gasteiger partial charge in [0.2, 0.25) is 12.0 Å². The van der Waals surface area contributed by atoms with Gasteiger partial charge < -0.3 is 18.8 Å². The van der Waals surface area contributed by atoms with Crippen LogP contribution in [0.3, 0.4) is 0 Å². The summed E-state index contributed by atoms with van der Waals surface area (Å²) in [6.45, 7) is 3.00. The third kappa shape index (κ3) is 3.80. The molecule has 8 heteroatoms. The lowest BCUT2D eigenvalue weighted by molar-refractivity contribution is -0.142. The van der Waals surface area contributed by atoms with Gasteiger partial charge in [0.25, 0.3) is 11.8 Å². The number of carbonyl (C=O) groups excluding carboxylic acids is 1. The van der Waals surface area contributed by atoms with E-state index in [1.165, 1.54) is 11.3 Å². The van der Waals surface area contributed by atoms with Crippen molar-refractivity contribution in [3.8, 4) is 22.3 Å². The molecule has 3 heterocycles. The fourth-order valence-corrected chi connectivity index (χ4v) is 3.51. The molecule has 0 saturated carbocycles. The molecule has 1 unspecified atom stereocenters. The Morgan fingerprint density at radius 2 is 2.07 bits per heavy atom. The summed E-state index contributed by atoms with van der Waals surface area (Å²) in [7, 11) is 0. The Morgan fingerprint density at radius 1 is 1.22 bits per heavy atom. The van der Waals surface area contributed by atoms with Crippen LogP contribution in [0.15, 0.2) is 46.2 Å². The highest BCUT2D eigenvalue weighted by Crippen LogP contribution is 2.31. The van der Waals surface area contributed by atoms with Crippen LogP contribution in [0.5, 0.6) is 11.5 Å². The van der Waals surface area contributed by atoms with Crippen LogP contribution in [0.4, 0.5) is 0 Å². The Balaban J connectivity index is 1.47. The van der Waals surface area contributed by atoms with Crippen LogP contribution < -0.4 is 9.47 Å². The lowest BCUT2D eigenvalue weighted by Gasteiger charge is -2.30. The molecule has 0 saturated heterocycles. The fraction of sp³-hybridized carbons (Fsp3) is 0.316. The zero-order valence-corrected chi connectivity index (χ0v) is 15.6. The van der Waals surface area contributed by atoms with Crippen molar-refractivity contribution in [3.05, 3.63) is 47.7 Å². The van der Waals surface area contributed by atoms with Gasteiger partial charge in [-0.3, -0.25) is 4.79 Å². The number of rotatable bonds is 6. The SMILES string of the molecule is CCCN(Cc1nnc(-c2cccs2)o1)C(=O)C1COc2ccccc2O1. The number of aromatic nitrogens is 2. The van der Waals surface area contributed by atoms with E-state index >= 15 is 0 Å². The molecule has 1 amide bonds. The van der Waals surface area contributed by atoms with Gasteiger partial charge >= 0.3 is 0 Å². The number of hydrogen-bond acceptors (Lipinski definition) is 7. The zero-order valence-electron chi connectivity index (χ0n) is 14.8. The van der Waals surface area contributed by atoms with Crippen molar-refractivity contribution in [1.29, 1.82) is 0 Å². The molecule has 0 radical (unpaired) electrons.